The summed E-state index contributed by atoms with van der Waals surface area (Å²) >= 11 is 0. The number of nitrogens with one attached hydrogen (secondary N) is 2. The van der Waals surface area contributed by atoms with E-state index in [1.54, 1.807) is 6.92 Å². The minimum atomic E-state index is -1.17. The molecule has 0 spiro atoms. The first-order chi connectivity index (χ1) is 17.0. The number of carbonyl (C=O) groups excluding carboxylic acids is 2. The van der Waals surface area contributed by atoms with E-state index in [1.807, 2.05) is 36.4 Å². The van der Waals surface area contributed by atoms with Gasteiger partial charge in [-0.25, -0.2) is 9.59 Å². The predicted octanol–water partition coefficient (Wildman–Crippen LogP) is 3.23. The molecule has 9 heteroatoms. The van der Waals surface area contributed by atoms with Crippen LogP contribution in [0.15, 0.2) is 60.9 Å². The maximum atomic E-state index is 12.4. The highest BCUT2D eigenvalue weighted by Gasteiger charge is 2.29. The van der Waals surface area contributed by atoms with Gasteiger partial charge in [-0.3, -0.25) is 14.8 Å². The molecule has 0 aliphatic heterocycles. The zero-order valence-corrected chi connectivity index (χ0v) is 19.0. The molecule has 1 aliphatic carbocycles. The van der Waals surface area contributed by atoms with Crippen LogP contribution in [0.3, 0.4) is 0 Å². The number of fused-ring (bicyclic) bond motifs is 3. The van der Waals surface area contributed by atoms with Gasteiger partial charge in [0.2, 0.25) is 5.91 Å². The molecule has 1 heterocycles. The van der Waals surface area contributed by atoms with Gasteiger partial charge in [0.25, 0.3) is 0 Å². The van der Waals surface area contributed by atoms with E-state index in [0.29, 0.717) is 5.69 Å². The number of hydrogen-bond donors (Lipinski definition) is 3. The van der Waals surface area contributed by atoms with E-state index in [-0.39, 0.29) is 25.5 Å². The second-order valence-electron chi connectivity index (χ2n) is 7.97. The first-order valence-corrected chi connectivity index (χ1v) is 11.0. The van der Waals surface area contributed by atoms with E-state index >= 15 is 0 Å². The zero-order valence-electron chi connectivity index (χ0n) is 19.0. The van der Waals surface area contributed by atoms with Crippen molar-refractivity contribution in [1.82, 2.24) is 15.1 Å². The molecule has 0 fully saturated rings. The monoisotopic (exact) mass is 472 g/mol. The number of rotatable bonds is 8. The number of carboxylic acid groups (broad SMARTS) is 1. The Balaban J connectivity index is 1.32. The number of benzene rings is 2. The summed E-state index contributed by atoms with van der Waals surface area (Å²) in [5.41, 5.74) is 4.86. The maximum Gasteiger partial charge on any atom is 0.411 e. The lowest BCUT2D eigenvalue weighted by Crippen LogP contribution is -2.42. The molecule has 35 heavy (non-hydrogen) atoms. The van der Waals surface area contributed by atoms with Crippen molar-refractivity contribution in [2.45, 2.75) is 31.8 Å². The van der Waals surface area contributed by atoms with Gasteiger partial charge in [0.1, 0.15) is 19.2 Å². The van der Waals surface area contributed by atoms with Gasteiger partial charge < -0.3 is 15.2 Å². The fourth-order valence-corrected chi connectivity index (χ4v) is 4.06. The van der Waals surface area contributed by atoms with Gasteiger partial charge in [-0.2, -0.15) is 5.10 Å². The molecule has 1 unspecified atom stereocenters. The smallest absolute Gasteiger partial charge is 0.411 e. The number of carbonyl (C=O) groups is 3. The second-order valence-corrected chi connectivity index (χ2v) is 7.97. The Hall–Kier alpha value is -4.58. The summed E-state index contributed by atoms with van der Waals surface area (Å²) in [6, 6.07) is 15.0. The average Bonchev–Trinajstić information content (AvgIpc) is 3.41. The number of nitrogens with zero attached hydrogens (tertiary/aromatic N) is 2. The topological polar surface area (TPSA) is 123 Å². The summed E-state index contributed by atoms with van der Waals surface area (Å²) in [4.78, 5) is 35.8. The third-order valence-corrected chi connectivity index (χ3v) is 5.65. The van der Waals surface area contributed by atoms with Crippen LogP contribution < -0.4 is 10.6 Å². The quantitative estimate of drug-likeness (QED) is 0.433. The number of ether oxygens (including phenoxy) is 1. The molecule has 0 radical (unpaired) electrons. The average molecular weight is 473 g/mol. The summed E-state index contributed by atoms with van der Waals surface area (Å²) in [5.74, 6) is 3.48. The molecule has 1 atom stereocenters. The van der Waals surface area contributed by atoms with E-state index in [4.69, 9.17) is 4.74 Å². The van der Waals surface area contributed by atoms with E-state index in [0.717, 1.165) is 22.3 Å². The SMILES string of the molecule is CC#CCC(NC(=O)Cn1cc(NC(=O)OCC2c3ccccc3-c3ccccc32)cn1)C(=O)O. The number of carboxylic acids is 1. The van der Waals surface area contributed by atoms with E-state index in [1.165, 1.54) is 17.1 Å². The maximum absolute atomic E-state index is 12.4. The lowest BCUT2D eigenvalue weighted by Gasteiger charge is -2.14. The highest BCUT2D eigenvalue weighted by molar-refractivity contribution is 5.85. The van der Waals surface area contributed by atoms with Crippen LogP contribution in [0.25, 0.3) is 11.1 Å². The van der Waals surface area contributed by atoms with E-state index in [2.05, 4.69) is 39.7 Å². The number of hydrogen-bond acceptors (Lipinski definition) is 5. The Bertz CT molecular complexity index is 1270. The number of anilines is 1. The van der Waals surface area contributed by atoms with Crippen LogP contribution in [0.5, 0.6) is 0 Å². The Morgan fingerprint density at radius 3 is 2.40 bits per heavy atom. The van der Waals surface area contributed by atoms with Gasteiger partial charge >= 0.3 is 12.1 Å². The molecular weight excluding hydrogens is 448 g/mol. The normalized spacial score (nSPS) is 12.5. The molecule has 178 valence electrons. The molecule has 1 aliphatic rings. The molecule has 0 saturated heterocycles. The van der Waals surface area contributed by atoms with Gasteiger partial charge in [0, 0.05) is 18.5 Å². The van der Waals surface area contributed by atoms with Crippen LogP contribution in [0.1, 0.15) is 30.4 Å². The highest BCUT2D eigenvalue weighted by atomic mass is 16.5. The Morgan fingerprint density at radius 2 is 1.77 bits per heavy atom. The van der Waals surface area contributed by atoms with Crippen molar-refractivity contribution >= 4 is 23.7 Å². The Morgan fingerprint density at radius 1 is 1.11 bits per heavy atom. The molecule has 2 aromatic carbocycles. The van der Waals surface area contributed by atoms with Crippen molar-refractivity contribution in [3.8, 4) is 23.0 Å². The van der Waals surface area contributed by atoms with Crippen molar-refractivity contribution in [2.24, 2.45) is 0 Å². The minimum Gasteiger partial charge on any atom is -0.480 e. The van der Waals surface area contributed by atoms with Gasteiger partial charge in [0.05, 0.1) is 11.9 Å². The molecule has 3 aromatic rings. The van der Waals surface area contributed by atoms with Crippen LogP contribution in [0.4, 0.5) is 10.5 Å². The Labute approximate surface area is 202 Å². The lowest BCUT2D eigenvalue weighted by molar-refractivity contribution is -0.141. The summed E-state index contributed by atoms with van der Waals surface area (Å²) in [5, 5.41) is 18.2. The molecular formula is C26H24N4O5. The molecule has 0 saturated carbocycles. The largest absolute Gasteiger partial charge is 0.480 e. The fourth-order valence-electron chi connectivity index (χ4n) is 4.06. The lowest BCUT2D eigenvalue weighted by atomic mass is 9.98. The van der Waals surface area contributed by atoms with Crippen LogP contribution in [0.2, 0.25) is 0 Å². The van der Waals surface area contributed by atoms with Gasteiger partial charge in [-0.05, 0) is 29.2 Å². The van der Waals surface area contributed by atoms with Crippen molar-refractivity contribution in [2.75, 3.05) is 11.9 Å². The third-order valence-electron chi connectivity index (χ3n) is 5.65. The van der Waals surface area contributed by atoms with Crippen molar-refractivity contribution in [3.63, 3.8) is 0 Å². The van der Waals surface area contributed by atoms with Crippen molar-refractivity contribution in [3.05, 3.63) is 72.1 Å². The van der Waals surface area contributed by atoms with Gasteiger partial charge in [-0.15, -0.1) is 11.8 Å². The minimum absolute atomic E-state index is 0.00523. The summed E-state index contributed by atoms with van der Waals surface area (Å²) < 4.78 is 6.80. The first-order valence-electron chi connectivity index (χ1n) is 11.0. The summed E-state index contributed by atoms with van der Waals surface area (Å²) in [7, 11) is 0. The summed E-state index contributed by atoms with van der Waals surface area (Å²) in [6.45, 7) is 1.55. The highest BCUT2D eigenvalue weighted by Crippen LogP contribution is 2.44. The first kappa shape index (κ1) is 23.6. The van der Waals surface area contributed by atoms with Crippen LogP contribution in [-0.2, 0) is 20.9 Å². The number of amides is 2. The predicted molar refractivity (Wildman–Crippen MR) is 129 cm³/mol. The van der Waals surface area contributed by atoms with E-state index in [9.17, 15) is 19.5 Å². The van der Waals surface area contributed by atoms with Crippen LogP contribution in [0, 0.1) is 11.8 Å². The van der Waals surface area contributed by atoms with Crippen LogP contribution >= 0.6 is 0 Å². The van der Waals surface area contributed by atoms with E-state index < -0.39 is 24.0 Å². The number of aliphatic carboxylic acids is 1. The second kappa shape index (κ2) is 10.6. The molecule has 2 amide bonds. The molecule has 0 bridgehead atoms. The number of aromatic nitrogens is 2. The molecule has 1 aromatic heterocycles. The third kappa shape index (κ3) is 5.50. The fraction of sp³-hybridized carbons (Fsp3) is 0.231. The standard InChI is InChI=1S/C26H24N4O5/c1-2-3-12-23(25(32)33)29-24(31)15-30-14-17(13-27-30)28-26(34)35-16-22-20-10-6-4-8-18(20)19-9-5-7-11-21(19)22/h4-11,13-14,22-23H,12,15-16H2,1H3,(H,28,34)(H,29,31)(H,32,33). The zero-order chi connectivity index (χ0) is 24.8. The molecule has 9 nitrogen and oxygen atoms in total. The van der Waals surface area contributed by atoms with Crippen molar-refractivity contribution in [1.29, 1.82) is 0 Å². The Kier molecular flexibility index (Phi) is 7.12. The summed E-state index contributed by atoms with van der Waals surface area (Å²) in [6.07, 6.45) is 2.21. The molecule has 3 N–H and O–H groups in total. The van der Waals surface area contributed by atoms with Gasteiger partial charge in [-0.1, -0.05) is 48.5 Å². The van der Waals surface area contributed by atoms with Crippen LogP contribution in [-0.4, -0.2) is 45.5 Å². The van der Waals surface area contributed by atoms with Crippen molar-refractivity contribution < 1.29 is 24.2 Å². The molecule has 4 rings (SSSR count). The van der Waals surface area contributed by atoms with Gasteiger partial charge in [0.15, 0.2) is 0 Å².